The molecule has 0 atom stereocenters. The lowest BCUT2D eigenvalue weighted by Crippen LogP contribution is -2.74. The number of piperidine rings is 2. The molecule has 3 heterocycles. The molecule has 2 N–H and O–H groups in total. The van der Waals surface area contributed by atoms with Crippen LogP contribution < -0.4 is 10.6 Å². The minimum absolute atomic E-state index is 0.191. The van der Waals surface area contributed by atoms with Crippen molar-refractivity contribution in [3.63, 3.8) is 0 Å². The van der Waals surface area contributed by atoms with Crippen molar-refractivity contribution in [1.82, 2.24) is 10.2 Å². The third-order valence-corrected chi connectivity index (χ3v) is 4.92. The first-order valence-electron chi connectivity index (χ1n) is 7.54. The molecule has 1 aliphatic carbocycles. The molecule has 0 aromatic heterocycles. The summed E-state index contributed by atoms with van der Waals surface area (Å²) in [7, 11) is 0. The van der Waals surface area contributed by atoms with Crippen LogP contribution in [0.3, 0.4) is 0 Å². The highest BCUT2D eigenvalue weighted by Crippen LogP contribution is 2.49. The molecule has 0 radical (unpaired) electrons. The smallest absolute Gasteiger partial charge is 0.264 e. The fraction of sp³-hybridized carbons (Fsp3) is 0.294. The third kappa shape index (κ3) is 1.62. The first-order chi connectivity index (χ1) is 11.5. The Balaban J connectivity index is 1.75. The minimum atomic E-state index is -1.25. The van der Waals surface area contributed by atoms with Crippen molar-refractivity contribution < 1.29 is 19.2 Å². The molecule has 3 fully saturated rings. The van der Waals surface area contributed by atoms with Gasteiger partial charge in [0.25, 0.3) is 17.7 Å². The maximum absolute atomic E-state index is 12.9. The van der Waals surface area contributed by atoms with Gasteiger partial charge in [-0.1, -0.05) is 12.0 Å². The second kappa shape index (κ2) is 4.68. The van der Waals surface area contributed by atoms with E-state index in [1.807, 2.05) is 0 Å². The molecule has 0 unspecified atom stereocenters. The van der Waals surface area contributed by atoms with Crippen LogP contribution in [-0.4, -0.2) is 40.6 Å². The predicted molar refractivity (Wildman–Crippen MR) is 82.9 cm³/mol. The minimum Gasteiger partial charge on any atom is -0.373 e. The molecule has 7 heteroatoms. The molecule has 1 saturated carbocycles. The number of terminal acetylenes is 1. The standard InChI is InChI=1S/C17H13N3O4/c1-2-6-18-11-5-3-4-10-12(11)15(23)20(14(10)22)17-7-9(8-17)13(21)19-16(17)24/h1,3-5,9,18H,6-8H2,(H,19,21,24). The first-order valence-corrected chi connectivity index (χ1v) is 7.54. The van der Waals surface area contributed by atoms with Gasteiger partial charge in [0, 0.05) is 11.6 Å². The van der Waals surface area contributed by atoms with E-state index in [0.717, 1.165) is 4.90 Å². The molecule has 1 aromatic rings. The van der Waals surface area contributed by atoms with Crippen molar-refractivity contribution in [2.24, 2.45) is 5.92 Å². The van der Waals surface area contributed by atoms with E-state index in [-0.39, 0.29) is 42.3 Å². The Kier molecular flexibility index (Phi) is 2.82. The highest BCUT2D eigenvalue weighted by molar-refractivity contribution is 6.26. The number of benzene rings is 1. The molecule has 2 bridgehead atoms. The average Bonchev–Trinajstić information content (AvgIpc) is 2.77. The summed E-state index contributed by atoms with van der Waals surface area (Å²) >= 11 is 0. The number of hydrogen-bond acceptors (Lipinski definition) is 5. The van der Waals surface area contributed by atoms with E-state index in [1.54, 1.807) is 18.2 Å². The van der Waals surface area contributed by atoms with Crippen LogP contribution in [0.5, 0.6) is 0 Å². The zero-order valence-electron chi connectivity index (χ0n) is 12.6. The number of hydrogen-bond donors (Lipinski definition) is 2. The van der Waals surface area contributed by atoms with E-state index in [9.17, 15) is 19.2 Å². The van der Waals surface area contributed by atoms with E-state index in [2.05, 4.69) is 16.6 Å². The number of amides is 4. The van der Waals surface area contributed by atoms with E-state index in [1.165, 1.54) is 0 Å². The van der Waals surface area contributed by atoms with Crippen LogP contribution in [0.15, 0.2) is 18.2 Å². The van der Waals surface area contributed by atoms with Gasteiger partial charge in [0.15, 0.2) is 0 Å². The summed E-state index contributed by atoms with van der Waals surface area (Å²) in [6, 6.07) is 4.87. The maximum atomic E-state index is 12.9. The molecule has 0 spiro atoms. The fourth-order valence-electron chi connectivity index (χ4n) is 3.71. The summed E-state index contributed by atoms with van der Waals surface area (Å²) in [5, 5.41) is 5.17. The zero-order valence-corrected chi connectivity index (χ0v) is 12.6. The third-order valence-electron chi connectivity index (χ3n) is 4.92. The lowest BCUT2D eigenvalue weighted by molar-refractivity contribution is -0.158. The molecule has 2 saturated heterocycles. The molecular weight excluding hydrogens is 310 g/mol. The SMILES string of the molecule is C#CCNc1cccc2c1C(=O)N(C13CC(C1)C(=O)NC3=O)C2=O. The molecule has 3 aliphatic heterocycles. The number of anilines is 1. The van der Waals surface area contributed by atoms with Crippen LogP contribution in [0.2, 0.25) is 0 Å². The number of carbonyl (C=O) groups excluding carboxylic acids is 4. The van der Waals surface area contributed by atoms with Crippen molar-refractivity contribution in [2.75, 3.05) is 11.9 Å². The molecule has 5 rings (SSSR count). The molecule has 24 heavy (non-hydrogen) atoms. The van der Waals surface area contributed by atoms with Gasteiger partial charge in [0.2, 0.25) is 5.91 Å². The number of rotatable bonds is 3. The van der Waals surface area contributed by atoms with Gasteiger partial charge >= 0.3 is 0 Å². The Morgan fingerprint density at radius 2 is 2.00 bits per heavy atom. The van der Waals surface area contributed by atoms with Gasteiger partial charge < -0.3 is 5.32 Å². The quantitative estimate of drug-likeness (QED) is 0.609. The van der Waals surface area contributed by atoms with Crippen molar-refractivity contribution in [3.8, 4) is 12.3 Å². The summed E-state index contributed by atoms with van der Waals surface area (Å²) in [4.78, 5) is 50.6. The molecule has 4 aliphatic rings. The zero-order chi connectivity index (χ0) is 17.1. The number of nitrogens with one attached hydrogen (secondary N) is 2. The Hall–Kier alpha value is -3.14. The Bertz CT molecular complexity index is 861. The van der Waals surface area contributed by atoms with Crippen LogP contribution in [0.25, 0.3) is 0 Å². The van der Waals surface area contributed by atoms with Crippen LogP contribution >= 0.6 is 0 Å². The molecule has 7 nitrogen and oxygen atoms in total. The van der Waals surface area contributed by atoms with Crippen molar-refractivity contribution in [2.45, 2.75) is 18.4 Å². The first kappa shape index (κ1) is 14.5. The Morgan fingerprint density at radius 3 is 2.67 bits per heavy atom. The average molecular weight is 323 g/mol. The number of nitrogens with zero attached hydrogens (tertiary/aromatic N) is 1. The molecule has 1 aromatic carbocycles. The largest absolute Gasteiger partial charge is 0.373 e. The van der Waals surface area contributed by atoms with E-state index < -0.39 is 23.3 Å². The van der Waals surface area contributed by atoms with Crippen LogP contribution in [0.4, 0.5) is 5.69 Å². The van der Waals surface area contributed by atoms with Gasteiger partial charge in [-0.05, 0) is 25.0 Å². The summed E-state index contributed by atoms with van der Waals surface area (Å²) in [5.41, 5.74) is -0.328. The second-order valence-electron chi connectivity index (χ2n) is 6.19. The molecular formula is C17H13N3O4. The number of fused-ring (bicyclic) bond motifs is 3. The fourth-order valence-corrected chi connectivity index (χ4v) is 3.71. The van der Waals surface area contributed by atoms with Crippen molar-refractivity contribution in [3.05, 3.63) is 29.3 Å². The lowest BCUT2D eigenvalue weighted by Gasteiger charge is -2.52. The summed E-state index contributed by atoms with van der Waals surface area (Å²) in [5.74, 6) is 0.125. The monoisotopic (exact) mass is 323 g/mol. The molecule has 120 valence electrons. The van der Waals surface area contributed by atoms with Gasteiger partial charge in [-0.3, -0.25) is 29.4 Å². The van der Waals surface area contributed by atoms with E-state index >= 15 is 0 Å². The Labute approximate surface area is 137 Å². The van der Waals surface area contributed by atoms with Crippen LogP contribution in [-0.2, 0) is 9.59 Å². The van der Waals surface area contributed by atoms with E-state index in [0.29, 0.717) is 5.69 Å². The van der Waals surface area contributed by atoms with Gasteiger partial charge in [0.1, 0.15) is 5.54 Å². The van der Waals surface area contributed by atoms with Crippen LogP contribution in [0.1, 0.15) is 33.6 Å². The second-order valence-corrected chi connectivity index (χ2v) is 6.19. The highest BCUT2D eigenvalue weighted by Gasteiger charge is 2.65. The number of imide groups is 2. The lowest BCUT2D eigenvalue weighted by atomic mass is 9.63. The van der Waals surface area contributed by atoms with Gasteiger partial charge in [-0.15, -0.1) is 6.42 Å². The summed E-state index contributed by atoms with van der Waals surface area (Å²) in [6.45, 7) is 0.208. The topological polar surface area (TPSA) is 95.6 Å². The normalized spacial score (nSPS) is 27.3. The summed E-state index contributed by atoms with van der Waals surface area (Å²) in [6.07, 6.45) is 5.61. The molecule has 4 amide bonds. The summed E-state index contributed by atoms with van der Waals surface area (Å²) < 4.78 is 0. The van der Waals surface area contributed by atoms with Crippen LogP contribution in [0, 0.1) is 18.3 Å². The van der Waals surface area contributed by atoms with Gasteiger partial charge in [-0.2, -0.15) is 0 Å². The van der Waals surface area contributed by atoms with Gasteiger partial charge in [-0.25, -0.2) is 0 Å². The van der Waals surface area contributed by atoms with E-state index in [4.69, 9.17) is 6.42 Å². The Morgan fingerprint density at radius 1 is 1.25 bits per heavy atom. The number of carbonyl (C=O) groups is 4. The maximum Gasteiger partial charge on any atom is 0.264 e. The van der Waals surface area contributed by atoms with Crippen molar-refractivity contribution >= 4 is 29.3 Å². The predicted octanol–water partition coefficient (Wildman–Crippen LogP) is 0.133. The van der Waals surface area contributed by atoms with Gasteiger partial charge in [0.05, 0.1) is 17.7 Å². The highest BCUT2D eigenvalue weighted by atomic mass is 16.2. The van der Waals surface area contributed by atoms with Crippen molar-refractivity contribution in [1.29, 1.82) is 0 Å².